The van der Waals surface area contributed by atoms with Gasteiger partial charge in [0, 0.05) is 19.5 Å². The zero-order valence-corrected chi connectivity index (χ0v) is 15.0. The quantitative estimate of drug-likeness (QED) is 0.791. The molecular weight excluding hydrogens is 347 g/mol. The maximum Gasteiger partial charge on any atom is 0.195 e. The molecule has 1 saturated heterocycles. The second kappa shape index (κ2) is 7.02. The van der Waals surface area contributed by atoms with Crippen LogP contribution in [-0.4, -0.2) is 51.1 Å². The van der Waals surface area contributed by atoms with E-state index in [2.05, 4.69) is 9.88 Å². The van der Waals surface area contributed by atoms with Crippen LogP contribution in [0.2, 0.25) is 0 Å². The van der Waals surface area contributed by atoms with Gasteiger partial charge in [0.15, 0.2) is 5.78 Å². The van der Waals surface area contributed by atoms with Gasteiger partial charge in [-0.05, 0) is 54.5 Å². The van der Waals surface area contributed by atoms with Gasteiger partial charge < -0.3 is 10.2 Å². The predicted molar refractivity (Wildman–Crippen MR) is 97.9 cm³/mol. The first-order valence-electron chi connectivity index (χ1n) is 9.28. The smallest absolute Gasteiger partial charge is 0.195 e. The van der Waals surface area contributed by atoms with Crippen LogP contribution in [0.4, 0.5) is 4.39 Å². The molecule has 1 aliphatic carbocycles. The van der Waals surface area contributed by atoms with E-state index in [1.807, 2.05) is 0 Å². The number of aromatic hydroxyl groups is 1. The van der Waals surface area contributed by atoms with Gasteiger partial charge in [-0.15, -0.1) is 0 Å². The Hall–Kier alpha value is -2.31. The van der Waals surface area contributed by atoms with Crippen molar-refractivity contribution < 1.29 is 19.4 Å². The molecule has 1 aromatic carbocycles. The van der Waals surface area contributed by atoms with Gasteiger partial charge in [-0.1, -0.05) is 12.1 Å². The molecule has 1 saturated carbocycles. The molecule has 5 nitrogen and oxygen atoms in total. The van der Waals surface area contributed by atoms with Crippen LogP contribution in [0.25, 0.3) is 0 Å². The number of aliphatic hydroxyl groups is 1. The first-order chi connectivity index (χ1) is 12.9. The molecule has 1 aliphatic heterocycles. The third kappa shape index (κ3) is 4.01. The minimum Gasteiger partial charge on any atom is -0.506 e. The zero-order chi connectivity index (χ0) is 19.0. The molecule has 6 heteroatoms. The average Bonchev–Trinajstić information content (AvgIpc) is 3.11. The maximum atomic E-state index is 13.1. The van der Waals surface area contributed by atoms with E-state index in [4.69, 9.17) is 0 Å². The van der Waals surface area contributed by atoms with E-state index in [1.165, 1.54) is 30.5 Å². The highest BCUT2D eigenvalue weighted by Crippen LogP contribution is 2.45. The Morgan fingerprint density at radius 1 is 1.15 bits per heavy atom. The number of Topliss-reactive ketones (excluding diaryl/α,β-unsaturated/α-hetero) is 1. The Labute approximate surface area is 157 Å². The number of pyridine rings is 1. The fraction of sp³-hybridized carbons (Fsp3) is 0.429. The largest absolute Gasteiger partial charge is 0.506 e. The van der Waals surface area contributed by atoms with Gasteiger partial charge in [-0.3, -0.25) is 9.69 Å². The Bertz CT molecular complexity index is 808. The number of hydrogen-bond donors (Lipinski definition) is 2. The zero-order valence-electron chi connectivity index (χ0n) is 15.0. The number of fused-ring (bicyclic) bond motifs is 1. The van der Waals surface area contributed by atoms with Gasteiger partial charge in [-0.25, -0.2) is 9.37 Å². The van der Waals surface area contributed by atoms with E-state index < -0.39 is 5.60 Å². The van der Waals surface area contributed by atoms with Gasteiger partial charge in [0.25, 0.3) is 0 Å². The van der Waals surface area contributed by atoms with Crippen LogP contribution in [-0.2, 0) is 6.42 Å². The summed E-state index contributed by atoms with van der Waals surface area (Å²) in [5.74, 6) is 0.462. The lowest BCUT2D eigenvalue weighted by Crippen LogP contribution is -2.34. The van der Waals surface area contributed by atoms with Gasteiger partial charge in [-0.2, -0.15) is 0 Å². The molecule has 2 heterocycles. The summed E-state index contributed by atoms with van der Waals surface area (Å²) in [5.41, 5.74) is 0.559. The summed E-state index contributed by atoms with van der Waals surface area (Å²) < 4.78 is 13.1. The SMILES string of the molecule is O=C(CN1C[C@@H]2CC(O)(Cc3ccc(F)cc3)C[C@@H]2C1)c1ccc(O)cn1. The summed E-state index contributed by atoms with van der Waals surface area (Å²) in [4.78, 5) is 18.5. The van der Waals surface area contributed by atoms with Crippen LogP contribution in [0.5, 0.6) is 5.75 Å². The number of hydrogen-bond acceptors (Lipinski definition) is 5. The fourth-order valence-electron chi connectivity index (χ4n) is 4.65. The molecule has 27 heavy (non-hydrogen) atoms. The van der Waals surface area contributed by atoms with Crippen molar-refractivity contribution in [3.8, 4) is 5.75 Å². The molecule has 3 atom stereocenters. The fourth-order valence-corrected chi connectivity index (χ4v) is 4.65. The monoisotopic (exact) mass is 370 g/mol. The molecule has 2 N–H and O–H groups in total. The molecular formula is C21H23FN2O3. The highest BCUT2D eigenvalue weighted by molar-refractivity contribution is 5.95. The van der Waals surface area contributed by atoms with Gasteiger partial charge in [0.1, 0.15) is 17.3 Å². The summed E-state index contributed by atoms with van der Waals surface area (Å²) in [7, 11) is 0. The van der Waals surface area contributed by atoms with E-state index in [-0.39, 0.29) is 17.3 Å². The molecule has 2 fully saturated rings. The summed E-state index contributed by atoms with van der Waals surface area (Å²) in [6.45, 7) is 1.89. The Morgan fingerprint density at radius 2 is 1.81 bits per heavy atom. The molecule has 1 unspecified atom stereocenters. The molecule has 2 aliphatic rings. The second-order valence-corrected chi connectivity index (χ2v) is 7.97. The van der Waals surface area contributed by atoms with Crippen LogP contribution in [0.15, 0.2) is 42.6 Å². The lowest BCUT2D eigenvalue weighted by atomic mass is 9.91. The van der Waals surface area contributed by atoms with E-state index in [0.29, 0.717) is 43.3 Å². The predicted octanol–water partition coefficient (Wildman–Crippen LogP) is 2.42. The molecule has 2 aromatic rings. The lowest BCUT2D eigenvalue weighted by Gasteiger charge is -2.26. The van der Waals surface area contributed by atoms with Crippen molar-refractivity contribution in [3.05, 3.63) is 59.7 Å². The van der Waals surface area contributed by atoms with Crippen LogP contribution in [0, 0.1) is 17.7 Å². The van der Waals surface area contributed by atoms with E-state index in [9.17, 15) is 19.4 Å². The molecule has 4 rings (SSSR count). The first-order valence-corrected chi connectivity index (χ1v) is 9.28. The molecule has 0 radical (unpaired) electrons. The number of ketones is 1. The number of halogens is 1. The van der Waals surface area contributed by atoms with Crippen LogP contribution >= 0.6 is 0 Å². The minimum atomic E-state index is -0.748. The number of benzene rings is 1. The van der Waals surface area contributed by atoms with Gasteiger partial charge in [0.2, 0.25) is 0 Å². The summed E-state index contributed by atoms with van der Waals surface area (Å²) in [5, 5.41) is 20.3. The van der Waals surface area contributed by atoms with Crippen molar-refractivity contribution in [1.29, 1.82) is 0 Å². The standard InChI is InChI=1S/C21H23FN2O3/c22-17-3-1-14(2-4-17)7-21(27)8-15-11-24(12-16(15)9-21)13-20(26)19-6-5-18(25)10-23-19/h1-6,10,15-16,25,27H,7-9,11-13H2/t15-,16+,21?. The highest BCUT2D eigenvalue weighted by atomic mass is 19.1. The first kappa shape index (κ1) is 18.1. The number of likely N-dealkylation sites (tertiary alicyclic amines) is 1. The number of nitrogens with zero attached hydrogens (tertiary/aromatic N) is 2. The molecule has 0 bridgehead atoms. The molecule has 0 amide bonds. The molecule has 0 spiro atoms. The van der Waals surface area contributed by atoms with E-state index in [0.717, 1.165) is 18.7 Å². The normalized spacial score (nSPS) is 27.6. The van der Waals surface area contributed by atoms with Crippen molar-refractivity contribution in [2.75, 3.05) is 19.6 Å². The van der Waals surface area contributed by atoms with Gasteiger partial charge >= 0.3 is 0 Å². The lowest BCUT2D eigenvalue weighted by molar-refractivity contribution is 0.0355. The summed E-state index contributed by atoms with van der Waals surface area (Å²) in [6, 6.07) is 9.33. The minimum absolute atomic E-state index is 0.0442. The van der Waals surface area contributed by atoms with Crippen molar-refractivity contribution in [3.63, 3.8) is 0 Å². The maximum absolute atomic E-state index is 13.1. The van der Waals surface area contributed by atoms with Crippen molar-refractivity contribution in [2.45, 2.75) is 24.9 Å². The highest BCUT2D eigenvalue weighted by Gasteiger charge is 2.48. The van der Waals surface area contributed by atoms with Gasteiger partial charge in [0.05, 0.1) is 18.3 Å². The average molecular weight is 370 g/mol. The third-order valence-corrected chi connectivity index (χ3v) is 5.78. The second-order valence-electron chi connectivity index (χ2n) is 7.97. The van der Waals surface area contributed by atoms with Crippen LogP contribution in [0.1, 0.15) is 28.9 Å². The van der Waals surface area contributed by atoms with Crippen molar-refractivity contribution in [2.24, 2.45) is 11.8 Å². The Kier molecular flexibility index (Phi) is 4.70. The van der Waals surface area contributed by atoms with E-state index in [1.54, 1.807) is 12.1 Å². The summed E-state index contributed by atoms with van der Waals surface area (Å²) >= 11 is 0. The number of carbonyl (C=O) groups is 1. The molecule has 142 valence electrons. The Balaban J connectivity index is 1.33. The topological polar surface area (TPSA) is 73.7 Å². The number of rotatable bonds is 5. The number of carbonyl (C=O) groups excluding carboxylic acids is 1. The number of aromatic nitrogens is 1. The summed E-state index contributed by atoms with van der Waals surface area (Å²) in [6.07, 6.45) is 3.23. The Morgan fingerprint density at radius 3 is 2.41 bits per heavy atom. The third-order valence-electron chi connectivity index (χ3n) is 5.78. The van der Waals surface area contributed by atoms with Crippen LogP contribution in [0.3, 0.4) is 0 Å². The molecule has 1 aromatic heterocycles. The van der Waals surface area contributed by atoms with Crippen molar-refractivity contribution >= 4 is 5.78 Å². The van der Waals surface area contributed by atoms with E-state index >= 15 is 0 Å². The van der Waals surface area contributed by atoms with Crippen LogP contribution < -0.4 is 0 Å². The van der Waals surface area contributed by atoms with Crippen molar-refractivity contribution in [1.82, 2.24) is 9.88 Å².